The second kappa shape index (κ2) is 12.7. The summed E-state index contributed by atoms with van der Waals surface area (Å²) in [5.74, 6) is 1.87. The van der Waals surface area contributed by atoms with Crippen LogP contribution in [0.4, 0.5) is 0 Å². The number of nitrogens with zero attached hydrogens (tertiary/aromatic N) is 1. The number of sulfone groups is 1. The van der Waals surface area contributed by atoms with Crippen molar-refractivity contribution in [3.63, 3.8) is 0 Å². The molecule has 41 heavy (non-hydrogen) atoms. The summed E-state index contributed by atoms with van der Waals surface area (Å²) in [5.41, 5.74) is 3.50. The molecular weight excluding hydrogens is 573 g/mol. The van der Waals surface area contributed by atoms with E-state index in [1.54, 1.807) is 24.3 Å². The third-order valence-electron chi connectivity index (χ3n) is 8.15. The molecule has 3 aromatic carbocycles. The summed E-state index contributed by atoms with van der Waals surface area (Å²) in [5, 5.41) is 1.54. The van der Waals surface area contributed by atoms with Crippen molar-refractivity contribution in [2.45, 2.75) is 63.4 Å². The molecule has 0 spiro atoms. The summed E-state index contributed by atoms with van der Waals surface area (Å²) in [6.45, 7) is 13.6. The molecule has 7 heteroatoms. The number of halogens is 2. The van der Waals surface area contributed by atoms with Crippen molar-refractivity contribution in [3.8, 4) is 0 Å². The third-order valence-corrected chi connectivity index (χ3v) is 9.77. The van der Waals surface area contributed by atoms with Crippen molar-refractivity contribution in [3.05, 3.63) is 112 Å². The molecule has 4 nitrogen and oxygen atoms in total. The SMILES string of the molecule is C=CC[C@@]1(C)C[C@H](c2cccc(Cl)c2)[C@@H](c2ccc(Cl)cc2)[N+]2=C1OC[C@@H]2C(C)C.Cc1ccc(S(C)(=O)=O)cc1. The highest BCUT2D eigenvalue weighted by molar-refractivity contribution is 7.90. The molecule has 0 N–H and O–H groups in total. The summed E-state index contributed by atoms with van der Waals surface area (Å²) in [6, 6.07) is 23.9. The summed E-state index contributed by atoms with van der Waals surface area (Å²) in [6.07, 6.45) is 5.09. The molecular formula is C34H40Cl2NO3S+. The van der Waals surface area contributed by atoms with Crippen molar-refractivity contribution >= 4 is 38.9 Å². The molecule has 218 valence electrons. The summed E-state index contributed by atoms with van der Waals surface area (Å²) in [7, 11) is -3.02. The number of allylic oxidation sites excluding steroid dienone is 1. The van der Waals surface area contributed by atoms with Gasteiger partial charge in [0.05, 0.1) is 16.2 Å². The van der Waals surface area contributed by atoms with E-state index in [0.717, 1.165) is 41.0 Å². The zero-order valence-electron chi connectivity index (χ0n) is 24.5. The highest BCUT2D eigenvalue weighted by Gasteiger charge is 2.57. The van der Waals surface area contributed by atoms with E-state index in [2.05, 4.69) is 62.3 Å². The van der Waals surface area contributed by atoms with Gasteiger partial charge in [-0.2, -0.15) is 4.58 Å². The fraction of sp³-hybridized carbons (Fsp3) is 0.382. The average Bonchev–Trinajstić information content (AvgIpc) is 3.36. The molecule has 3 aromatic rings. The molecule has 0 aliphatic carbocycles. The van der Waals surface area contributed by atoms with Crippen LogP contribution in [-0.2, 0) is 14.6 Å². The fourth-order valence-electron chi connectivity index (χ4n) is 6.05. The van der Waals surface area contributed by atoms with Crippen LogP contribution < -0.4 is 0 Å². The average molecular weight is 614 g/mol. The van der Waals surface area contributed by atoms with Crippen LogP contribution in [0, 0.1) is 18.3 Å². The Morgan fingerprint density at radius 2 is 1.68 bits per heavy atom. The second-order valence-electron chi connectivity index (χ2n) is 11.8. The van der Waals surface area contributed by atoms with Crippen molar-refractivity contribution in [2.75, 3.05) is 12.9 Å². The van der Waals surface area contributed by atoms with Gasteiger partial charge in [-0.25, -0.2) is 8.42 Å². The van der Waals surface area contributed by atoms with Crippen LogP contribution in [0.1, 0.15) is 62.3 Å². The van der Waals surface area contributed by atoms with Gasteiger partial charge >= 0.3 is 5.90 Å². The van der Waals surface area contributed by atoms with E-state index in [1.807, 2.05) is 31.2 Å². The van der Waals surface area contributed by atoms with Gasteiger partial charge in [0.25, 0.3) is 0 Å². The molecule has 0 fully saturated rings. The third kappa shape index (κ3) is 7.07. The Balaban J connectivity index is 0.000000296. The van der Waals surface area contributed by atoms with Crippen molar-refractivity contribution in [2.24, 2.45) is 11.3 Å². The lowest BCUT2D eigenvalue weighted by Crippen LogP contribution is -2.46. The first-order valence-electron chi connectivity index (χ1n) is 14.0. The Morgan fingerprint density at radius 3 is 2.24 bits per heavy atom. The largest absolute Gasteiger partial charge is 0.441 e. The van der Waals surface area contributed by atoms with Crippen LogP contribution in [-0.4, -0.2) is 37.8 Å². The Labute approximate surface area is 255 Å². The maximum atomic E-state index is 10.9. The number of rotatable bonds is 6. The first kappa shape index (κ1) is 31.3. The van der Waals surface area contributed by atoms with Crippen LogP contribution in [0.25, 0.3) is 0 Å². The smallest absolute Gasteiger partial charge is 0.343 e. The molecule has 2 heterocycles. The monoisotopic (exact) mass is 612 g/mol. The second-order valence-corrected chi connectivity index (χ2v) is 14.7. The van der Waals surface area contributed by atoms with Gasteiger partial charge < -0.3 is 4.74 Å². The molecule has 2 aliphatic rings. The Morgan fingerprint density at radius 1 is 1.02 bits per heavy atom. The van der Waals surface area contributed by atoms with Gasteiger partial charge in [0.15, 0.2) is 28.5 Å². The van der Waals surface area contributed by atoms with Gasteiger partial charge in [-0.05, 0) is 68.7 Å². The lowest BCUT2D eigenvalue weighted by atomic mass is 9.69. The van der Waals surface area contributed by atoms with E-state index in [1.165, 1.54) is 17.4 Å². The fourth-order valence-corrected chi connectivity index (χ4v) is 7.00. The highest BCUT2D eigenvalue weighted by Crippen LogP contribution is 2.51. The minimum Gasteiger partial charge on any atom is -0.441 e. The van der Waals surface area contributed by atoms with E-state index in [4.69, 9.17) is 27.9 Å². The molecule has 5 rings (SSSR count). The van der Waals surface area contributed by atoms with E-state index >= 15 is 0 Å². The summed E-state index contributed by atoms with van der Waals surface area (Å²) < 4.78 is 30.9. The number of ether oxygens (including phenoxy) is 1. The normalized spacial score (nSPS) is 23.9. The lowest BCUT2D eigenvalue weighted by Gasteiger charge is -2.39. The minimum absolute atomic E-state index is 0.0959. The highest BCUT2D eigenvalue weighted by atomic mass is 35.5. The van der Waals surface area contributed by atoms with Gasteiger partial charge in [0, 0.05) is 27.8 Å². The number of hydrogen-bond donors (Lipinski definition) is 0. The Hall–Kier alpha value is -2.60. The maximum Gasteiger partial charge on any atom is 0.343 e. The molecule has 2 aliphatic heterocycles. The lowest BCUT2D eigenvalue weighted by molar-refractivity contribution is -0.616. The van der Waals surface area contributed by atoms with Crippen molar-refractivity contribution < 1.29 is 17.7 Å². The number of aryl methyl sites for hydroxylation is 1. The van der Waals surface area contributed by atoms with Gasteiger partial charge in [-0.3, -0.25) is 0 Å². The van der Waals surface area contributed by atoms with Crippen LogP contribution >= 0.6 is 23.2 Å². The zero-order valence-corrected chi connectivity index (χ0v) is 26.8. The molecule has 0 radical (unpaired) electrons. The minimum atomic E-state index is -3.02. The quantitative estimate of drug-likeness (QED) is 0.207. The molecule has 0 saturated carbocycles. The van der Waals surface area contributed by atoms with E-state index in [0.29, 0.717) is 16.9 Å². The maximum absolute atomic E-state index is 10.9. The van der Waals surface area contributed by atoms with Crippen LogP contribution in [0.5, 0.6) is 0 Å². The van der Waals surface area contributed by atoms with Gasteiger partial charge in [-0.1, -0.05) is 85.1 Å². The molecule has 0 aromatic heterocycles. The van der Waals surface area contributed by atoms with Gasteiger partial charge in [0.2, 0.25) is 0 Å². The Kier molecular flexibility index (Phi) is 9.73. The molecule has 0 bridgehead atoms. The topological polar surface area (TPSA) is 46.4 Å². The van der Waals surface area contributed by atoms with Crippen molar-refractivity contribution in [1.29, 1.82) is 0 Å². The number of hydrogen-bond acceptors (Lipinski definition) is 3. The van der Waals surface area contributed by atoms with E-state index in [-0.39, 0.29) is 17.4 Å². The zero-order chi connectivity index (χ0) is 29.9. The predicted octanol–water partition coefficient (Wildman–Crippen LogP) is 8.67. The van der Waals surface area contributed by atoms with Gasteiger partial charge in [-0.15, -0.1) is 6.58 Å². The van der Waals surface area contributed by atoms with E-state index < -0.39 is 9.84 Å². The summed E-state index contributed by atoms with van der Waals surface area (Å²) >= 11 is 12.7. The van der Waals surface area contributed by atoms with Gasteiger partial charge in [0.1, 0.15) is 0 Å². The van der Waals surface area contributed by atoms with Crippen molar-refractivity contribution in [1.82, 2.24) is 0 Å². The first-order chi connectivity index (χ1) is 19.3. The molecule has 0 unspecified atom stereocenters. The number of benzene rings is 3. The first-order valence-corrected chi connectivity index (χ1v) is 16.7. The summed E-state index contributed by atoms with van der Waals surface area (Å²) in [4.78, 5) is 0.378. The van der Waals surface area contributed by atoms with E-state index in [9.17, 15) is 8.42 Å². The van der Waals surface area contributed by atoms with Crippen LogP contribution in [0.3, 0.4) is 0 Å². The molecule has 0 amide bonds. The molecule has 4 atom stereocenters. The van der Waals surface area contributed by atoms with Crippen LogP contribution in [0.2, 0.25) is 10.0 Å². The standard InChI is InChI=1S/C26H30Cl2NO.C8H10O2S/c1-5-13-26(4)15-22(19-7-6-8-21(28)14-19)24(18-9-11-20(27)12-10-18)29-23(17(2)3)16-30-25(26)29;1-7-3-5-8(6-4-7)11(2,9)10/h5-12,14,17,22-24H,1,13,15-16H2,2-4H3;3-6H,1-2H3/q+1;/t22-,23-,24-,26+;/m1./s1. The Bertz CT molecular complexity index is 1510. The van der Waals surface area contributed by atoms with Crippen LogP contribution in [0.15, 0.2) is 90.3 Å². The molecule has 0 saturated heterocycles. The predicted molar refractivity (Wildman–Crippen MR) is 170 cm³/mol.